The highest BCUT2D eigenvalue weighted by molar-refractivity contribution is 6.00. The smallest absolute Gasteiger partial charge is 0.224 e. The summed E-state index contributed by atoms with van der Waals surface area (Å²) < 4.78 is 5.12. The number of carbonyl (C=O) groups is 2. The largest absolute Gasteiger partial charge is 0.497 e. The molecule has 0 bridgehead atoms. The maximum absolute atomic E-state index is 12.3. The van der Waals surface area contributed by atoms with E-state index in [1.807, 2.05) is 24.3 Å². The van der Waals surface area contributed by atoms with Gasteiger partial charge in [0.2, 0.25) is 5.91 Å². The predicted octanol–water partition coefficient (Wildman–Crippen LogP) is 4.08. The van der Waals surface area contributed by atoms with Crippen molar-refractivity contribution in [2.24, 2.45) is 5.92 Å². The summed E-state index contributed by atoms with van der Waals surface area (Å²) in [5.74, 6) is 0.876. The number of methoxy groups -OCH3 is 1. The van der Waals surface area contributed by atoms with Crippen molar-refractivity contribution >= 4 is 23.1 Å². The molecule has 138 valence electrons. The summed E-state index contributed by atoms with van der Waals surface area (Å²) in [5, 5.41) is 2.73. The van der Waals surface area contributed by atoms with Crippen molar-refractivity contribution in [1.29, 1.82) is 0 Å². The molecule has 0 saturated carbocycles. The van der Waals surface area contributed by atoms with E-state index in [9.17, 15) is 9.59 Å². The minimum absolute atomic E-state index is 0.0464. The van der Waals surface area contributed by atoms with Crippen LogP contribution in [0.1, 0.15) is 42.6 Å². The van der Waals surface area contributed by atoms with Crippen LogP contribution in [0.4, 0.5) is 11.4 Å². The first-order valence-corrected chi connectivity index (χ1v) is 8.74. The van der Waals surface area contributed by atoms with Crippen LogP contribution in [0.2, 0.25) is 0 Å². The van der Waals surface area contributed by atoms with E-state index in [4.69, 9.17) is 10.5 Å². The van der Waals surface area contributed by atoms with E-state index < -0.39 is 0 Å². The van der Waals surface area contributed by atoms with Crippen molar-refractivity contribution < 1.29 is 14.3 Å². The molecular weight excluding hydrogens is 328 g/mol. The quantitative estimate of drug-likeness (QED) is 0.553. The highest BCUT2D eigenvalue weighted by atomic mass is 16.5. The summed E-state index contributed by atoms with van der Waals surface area (Å²) in [6.45, 7) is 4.32. The lowest BCUT2D eigenvalue weighted by molar-refractivity contribution is -0.116. The van der Waals surface area contributed by atoms with Gasteiger partial charge in [-0.1, -0.05) is 38.1 Å². The molecule has 0 spiro atoms. The van der Waals surface area contributed by atoms with Crippen molar-refractivity contribution in [3.8, 4) is 5.75 Å². The number of anilines is 2. The van der Waals surface area contributed by atoms with Gasteiger partial charge in [0.25, 0.3) is 0 Å². The lowest BCUT2D eigenvalue weighted by atomic mass is 9.99. The standard InChI is InChI=1S/C21H26N2O3/c1-14(2)12-15-4-6-16(7-5-15)20(24)10-11-21(25)23-19-13-17(26-3)8-9-18(19)22/h4-9,13-14H,10-12,22H2,1-3H3,(H,23,25). The molecule has 0 aliphatic heterocycles. The van der Waals surface area contributed by atoms with Gasteiger partial charge in [-0.15, -0.1) is 0 Å². The van der Waals surface area contributed by atoms with E-state index >= 15 is 0 Å². The van der Waals surface area contributed by atoms with Gasteiger partial charge in [0.05, 0.1) is 18.5 Å². The van der Waals surface area contributed by atoms with Gasteiger partial charge in [-0.2, -0.15) is 0 Å². The minimum atomic E-state index is -0.255. The highest BCUT2D eigenvalue weighted by Crippen LogP contribution is 2.24. The second-order valence-electron chi connectivity index (χ2n) is 6.72. The monoisotopic (exact) mass is 354 g/mol. The third kappa shape index (κ3) is 5.62. The summed E-state index contributed by atoms with van der Waals surface area (Å²) in [5.41, 5.74) is 8.63. The van der Waals surface area contributed by atoms with Crippen LogP contribution in [-0.4, -0.2) is 18.8 Å². The van der Waals surface area contributed by atoms with Gasteiger partial charge in [-0.3, -0.25) is 9.59 Å². The molecule has 0 aliphatic carbocycles. The molecule has 5 heteroatoms. The third-order valence-corrected chi connectivity index (χ3v) is 4.03. The molecule has 0 fully saturated rings. The maximum atomic E-state index is 12.3. The second-order valence-corrected chi connectivity index (χ2v) is 6.72. The number of ketones is 1. The number of amides is 1. The van der Waals surface area contributed by atoms with Gasteiger partial charge < -0.3 is 15.8 Å². The Morgan fingerprint density at radius 3 is 2.38 bits per heavy atom. The van der Waals surface area contributed by atoms with Crippen molar-refractivity contribution in [2.75, 3.05) is 18.2 Å². The van der Waals surface area contributed by atoms with Crippen LogP contribution < -0.4 is 15.8 Å². The Bertz CT molecular complexity index is 767. The molecule has 3 N–H and O–H groups in total. The fourth-order valence-electron chi connectivity index (χ4n) is 2.65. The summed E-state index contributed by atoms with van der Waals surface area (Å²) in [6.07, 6.45) is 1.24. The Labute approximate surface area is 154 Å². The fourth-order valence-corrected chi connectivity index (χ4v) is 2.65. The first-order chi connectivity index (χ1) is 12.4. The summed E-state index contributed by atoms with van der Waals surface area (Å²) in [6, 6.07) is 12.7. The molecular formula is C21H26N2O3. The average molecular weight is 354 g/mol. The summed E-state index contributed by atoms with van der Waals surface area (Å²) in [4.78, 5) is 24.4. The van der Waals surface area contributed by atoms with E-state index in [2.05, 4.69) is 19.2 Å². The number of ether oxygens (including phenoxy) is 1. The molecule has 0 heterocycles. The molecule has 0 unspecified atom stereocenters. The van der Waals surface area contributed by atoms with Gasteiger partial charge in [0.15, 0.2) is 5.78 Å². The zero-order chi connectivity index (χ0) is 19.1. The SMILES string of the molecule is COc1ccc(N)c(NC(=O)CCC(=O)c2ccc(CC(C)C)cc2)c1. The van der Waals surface area contributed by atoms with Crippen molar-refractivity contribution in [3.63, 3.8) is 0 Å². The van der Waals surface area contributed by atoms with E-state index in [0.29, 0.717) is 28.6 Å². The van der Waals surface area contributed by atoms with Crippen LogP contribution in [0.25, 0.3) is 0 Å². The molecule has 0 atom stereocenters. The lowest BCUT2D eigenvalue weighted by Gasteiger charge is -2.10. The Morgan fingerprint density at radius 2 is 1.77 bits per heavy atom. The molecule has 0 aromatic heterocycles. The average Bonchev–Trinajstić information content (AvgIpc) is 2.61. The summed E-state index contributed by atoms with van der Waals surface area (Å²) in [7, 11) is 1.54. The molecule has 1 amide bonds. The van der Waals surface area contributed by atoms with Crippen LogP contribution in [0, 0.1) is 5.92 Å². The number of nitrogen functional groups attached to an aromatic ring is 1. The lowest BCUT2D eigenvalue weighted by Crippen LogP contribution is -2.14. The Morgan fingerprint density at radius 1 is 1.08 bits per heavy atom. The van der Waals surface area contributed by atoms with Gasteiger partial charge in [-0.05, 0) is 30.0 Å². The number of Topliss-reactive ketones (excluding diaryl/α,β-unsaturated/α-hetero) is 1. The number of hydrogen-bond donors (Lipinski definition) is 2. The van der Waals surface area contributed by atoms with E-state index in [-0.39, 0.29) is 24.5 Å². The van der Waals surface area contributed by atoms with Crippen LogP contribution in [-0.2, 0) is 11.2 Å². The number of hydrogen-bond acceptors (Lipinski definition) is 4. The van der Waals surface area contributed by atoms with E-state index in [0.717, 1.165) is 6.42 Å². The number of benzene rings is 2. The Balaban J connectivity index is 1.89. The second kappa shape index (κ2) is 9.04. The molecule has 2 aromatic carbocycles. The van der Waals surface area contributed by atoms with Crippen LogP contribution >= 0.6 is 0 Å². The maximum Gasteiger partial charge on any atom is 0.224 e. The first kappa shape index (κ1) is 19.5. The van der Waals surface area contributed by atoms with Crippen LogP contribution in [0.3, 0.4) is 0 Å². The molecule has 2 aromatic rings. The number of nitrogens with two attached hydrogens (primary N) is 1. The molecule has 0 radical (unpaired) electrons. The molecule has 5 nitrogen and oxygen atoms in total. The van der Waals surface area contributed by atoms with Gasteiger partial charge >= 0.3 is 0 Å². The van der Waals surface area contributed by atoms with Gasteiger partial charge in [0, 0.05) is 24.5 Å². The van der Waals surface area contributed by atoms with Crippen molar-refractivity contribution in [1.82, 2.24) is 0 Å². The summed E-state index contributed by atoms with van der Waals surface area (Å²) >= 11 is 0. The zero-order valence-corrected chi connectivity index (χ0v) is 15.5. The van der Waals surface area contributed by atoms with Gasteiger partial charge in [-0.25, -0.2) is 0 Å². The Kier molecular flexibility index (Phi) is 6.78. The predicted molar refractivity (Wildman–Crippen MR) is 105 cm³/mol. The zero-order valence-electron chi connectivity index (χ0n) is 15.5. The number of rotatable bonds is 8. The van der Waals surface area contributed by atoms with Crippen molar-refractivity contribution in [2.45, 2.75) is 33.1 Å². The topological polar surface area (TPSA) is 81.4 Å². The molecule has 2 rings (SSSR count). The fraction of sp³-hybridized carbons (Fsp3) is 0.333. The van der Waals surface area contributed by atoms with Crippen molar-refractivity contribution in [3.05, 3.63) is 53.6 Å². The molecule has 0 saturated heterocycles. The number of nitrogens with one attached hydrogen (secondary N) is 1. The highest BCUT2D eigenvalue weighted by Gasteiger charge is 2.11. The number of carbonyl (C=O) groups excluding carboxylic acids is 2. The third-order valence-electron chi connectivity index (χ3n) is 4.03. The molecule has 26 heavy (non-hydrogen) atoms. The van der Waals surface area contributed by atoms with Crippen LogP contribution in [0.5, 0.6) is 5.75 Å². The van der Waals surface area contributed by atoms with E-state index in [1.54, 1.807) is 25.3 Å². The minimum Gasteiger partial charge on any atom is -0.497 e. The Hall–Kier alpha value is -2.82. The van der Waals surface area contributed by atoms with Crippen LogP contribution in [0.15, 0.2) is 42.5 Å². The normalized spacial score (nSPS) is 10.6. The van der Waals surface area contributed by atoms with Gasteiger partial charge in [0.1, 0.15) is 5.75 Å². The van der Waals surface area contributed by atoms with E-state index in [1.165, 1.54) is 5.56 Å². The first-order valence-electron chi connectivity index (χ1n) is 8.74. The molecule has 0 aliphatic rings.